The highest BCUT2D eigenvalue weighted by Gasteiger charge is 2.19. The third-order valence-corrected chi connectivity index (χ3v) is 4.58. The van der Waals surface area contributed by atoms with Gasteiger partial charge in [0.2, 0.25) is 5.91 Å². The number of non-ortho nitro benzene ring substituents is 1. The van der Waals surface area contributed by atoms with E-state index in [1.807, 2.05) is 19.1 Å². The number of carbonyl (C=O) groups excluding carboxylic acids is 1. The molecule has 1 atom stereocenters. The van der Waals surface area contributed by atoms with Gasteiger partial charge >= 0.3 is 0 Å². The van der Waals surface area contributed by atoms with E-state index in [1.54, 1.807) is 44.4 Å². The van der Waals surface area contributed by atoms with Crippen LogP contribution in [-0.2, 0) is 11.2 Å². The molecule has 0 aliphatic rings. The molecule has 0 saturated carbocycles. The second-order valence-electron chi connectivity index (χ2n) is 6.25. The maximum atomic E-state index is 12.6. The Labute approximate surface area is 158 Å². The lowest BCUT2D eigenvalue weighted by molar-refractivity contribution is -0.384. The first-order valence-electron chi connectivity index (χ1n) is 8.57. The summed E-state index contributed by atoms with van der Waals surface area (Å²) < 4.78 is 10.5. The van der Waals surface area contributed by atoms with Crippen molar-refractivity contribution in [2.45, 2.75) is 25.8 Å². The number of benzene rings is 2. The van der Waals surface area contributed by atoms with Gasteiger partial charge in [0.15, 0.2) is 0 Å². The summed E-state index contributed by atoms with van der Waals surface area (Å²) in [4.78, 5) is 24.7. The zero-order valence-corrected chi connectivity index (χ0v) is 16.0. The number of nitro benzene ring substituents is 1. The summed E-state index contributed by atoms with van der Waals surface area (Å²) in [6.07, 6.45) is 0.852. The van der Waals surface area contributed by atoms with E-state index in [0.29, 0.717) is 24.3 Å². The molecule has 1 unspecified atom stereocenters. The normalized spacial score (nSPS) is 11.6. The maximum Gasteiger partial charge on any atom is 0.269 e. The van der Waals surface area contributed by atoms with E-state index in [9.17, 15) is 14.9 Å². The fraction of sp³-hybridized carbons (Fsp3) is 0.350. The first-order valence-corrected chi connectivity index (χ1v) is 8.57. The molecule has 0 fully saturated rings. The van der Waals surface area contributed by atoms with Gasteiger partial charge in [-0.15, -0.1) is 0 Å². The molecule has 0 radical (unpaired) electrons. The summed E-state index contributed by atoms with van der Waals surface area (Å²) >= 11 is 0. The van der Waals surface area contributed by atoms with E-state index in [1.165, 1.54) is 12.1 Å². The van der Waals surface area contributed by atoms with Crippen molar-refractivity contribution in [1.82, 2.24) is 4.90 Å². The third-order valence-electron chi connectivity index (χ3n) is 4.58. The summed E-state index contributed by atoms with van der Waals surface area (Å²) in [6.45, 7) is 1.85. The van der Waals surface area contributed by atoms with Crippen LogP contribution in [0.15, 0.2) is 42.5 Å². The Balaban J connectivity index is 2.05. The monoisotopic (exact) mass is 372 g/mol. The Kier molecular flexibility index (Phi) is 6.76. The smallest absolute Gasteiger partial charge is 0.269 e. The number of carbonyl (C=O) groups is 1. The van der Waals surface area contributed by atoms with Crippen molar-refractivity contribution in [3.8, 4) is 11.5 Å². The number of hydrogen-bond donors (Lipinski definition) is 0. The van der Waals surface area contributed by atoms with E-state index in [2.05, 4.69) is 0 Å². The van der Waals surface area contributed by atoms with Gasteiger partial charge in [-0.2, -0.15) is 0 Å². The van der Waals surface area contributed by atoms with Crippen LogP contribution in [0, 0.1) is 10.1 Å². The highest BCUT2D eigenvalue weighted by molar-refractivity contribution is 5.76. The first-order chi connectivity index (χ1) is 12.8. The fourth-order valence-corrected chi connectivity index (χ4v) is 2.78. The van der Waals surface area contributed by atoms with Gasteiger partial charge in [-0.1, -0.05) is 12.1 Å². The number of hydrogen-bond acceptors (Lipinski definition) is 5. The van der Waals surface area contributed by atoms with Crippen molar-refractivity contribution in [3.63, 3.8) is 0 Å². The van der Waals surface area contributed by atoms with Crippen LogP contribution in [-0.4, -0.2) is 37.0 Å². The van der Waals surface area contributed by atoms with Crippen LogP contribution in [0.4, 0.5) is 5.69 Å². The summed E-state index contributed by atoms with van der Waals surface area (Å²) in [5.74, 6) is 1.31. The molecular formula is C20H24N2O5. The molecule has 0 saturated heterocycles. The van der Waals surface area contributed by atoms with Gasteiger partial charge in [0.25, 0.3) is 5.69 Å². The molecule has 0 aliphatic heterocycles. The highest BCUT2D eigenvalue weighted by atomic mass is 16.6. The Bertz CT molecular complexity index is 800. The minimum absolute atomic E-state index is 0.0173. The molecule has 0 heterocycles. The predicted octanol–water partition coefficient (Wildman–Crippen LogP) is 3.76. The Morgan fingerprint density at radius 3 is 2.33 bits per heavy atom. The topological polar surface area (TPSA) is 81.9 Å². The summed E-state index contributed by atoms with van der Waals surface area (Å²) in [6, 6.07) is 11.6. The second-order valence-corrected chi connectivity index (χ2v) is 6.25. The SMILES string of the molecule is COc1cc(CCC(=O)N(C)C(C)c2cccc([N+](=O)[O-])c2)cc(OC)c1. The largest absolute Gasteiger partial charge is 0.497 e. The third kappa shape index (κ3) is 5.20. The number of amides is 1. The second kappa shape index (κ2) is 9.02. The van der Waals surface area contributed by atoms with Crippen LogP contribution in [0.3, 0.4) is 0 Å². The minimum atomic E-state index is -0.436. The molecule has 0 bridgehead atoms. The summed E-state index contributed by atoms with van der Waals surface area (Å²) in [5, 5.41) is 10.9. The minimum Gasteiger partial charge on any atom is -0.497 e. The van der Waals surface area contributed by atoms with Gasteiger partial charge in [0, 0.05) is 31.7 Å². The number of nitrogens with zero attached hydrogens (tertiary/aromatic N) is 2. The maximum absolute atomic E-state index is 12.6. The lowest BCUT2D eigenvalue weighted by Gasteiger charge is -2.25. The van der Waals surface area contributed by atoms with Crippen LogP contribution < -0.4 is 9.47 Å². The molecule has 7 heteroatoms. The molecule has 7 nitrogen and oxygen atoms in total. The molecule has 0 aromatic heterocycles. The molecule has 0 spiro atoms. The average molecular weight is 372 g/mol. The number of methoxy groups -OCH3 is 2. The molecule has 2 aromatic carbocycles. The van der Waals surface area contributed by atoms with Gasteiger partial charge in [-0.25, -0.2) is 0 Å². The zero-order valence-electron chi connectivity index (χ0n) is 16.0. The number of nitro groups is 1. The predicted molar refractivity (Wildman–Crippen MR) is 102 cm³/mol. The Morgan fingerprint density at radius 1 is 1.15 bits per heavy atom. The molecule has 2 aromatic rings. The fourth-order valence-electron chi connectivity index (χ4n) is 2.78. The van der Waals surface area contributed by atoms with E-state index in [0.717, 1.165) is 11.1 Å². The lowest BCUT2D eigenvalue weighted by atomic mass is 10.0. The van der Waals surface area contributed by atoms with Crippen LogP contribution in [0.25, 0.3) is 0 Å². The van der Waals surface area contributed by atoms with E-state index in [-0.39, 0.29) is 17.6 Å². The number of rotatable bonds is 8. The summed E-state index contributed by atoms with van der Waals surface area (Å²) in [7, 11) is 4.87. The van der Waals surface area contributed by atoms with Crippen molar-refractivity contribution in [1.29, 1.82) is 0 Å². The summed E-state index contributed by atoms with van der Waals surface area (Å²) in [5.41, 5.74) is 1.68. The van der Waals surface area contributed by atoms with Crippen LogP contribution >= 0.6 is 0 Å². The quantitative estimate of drug-likeness (QED) is 0.520. The molecule has 0 N–H and O–H groups in total. The van der Waals surface area contributed by atoms with Gasteiger partial charge in [-0.05, 0) is 36.6 Å². The van der Waals surface area contributed by atoms with E-state index >= 15 is 0 Å². The molecule has 27 heavy (non-hydrogen) atoms. The van der Waals surface area contributed by atoms with Crippen LogP contribution in [0.1, 0.15) is 30.5 Å². The van der Waals surface area contributed by atoms with Crippen molar-refractivity contribution < 1.29 is 19.2 Å². The van der Waals surface area contributed by atoms with E-state index in [4.69, 9.17) is 9.47 Å². The van der Waals surface area contributed by atoms with Crippen LogP contribution in [0.5, 0.6) is 11.5 Å². The van der Waals surface area contributed by atoms with Gasteiger partial charge in [0.1, 0.15) is 11.5 Å². The molecule has 1 amide bonds. The van der Waals surface area contributed by atoms with Crippen molar-refractivity contribution >= 4 is 11.6 Å². The molecule has 0 aliphatic carbocycles. The zero-order chi connectivity index (χ0) is 20.0. The number of aryl methyl sites for hydroxylation is 1. The van der Waals surface area contributed by atoms with Crippen LogP contribution in [0.2, 0.25) is 0 Å². The van der Waals surface area contributed by atoms with Gasteiger partial charge < -0.3 is 14.4 Å². The van der Waals surface area contributed by atoms with Gasteiger partial charge in [0.05, 0.1) is 25.2 Å². The lowest BCUT2D eigenvalue weighted by Crippen LogP contribution is -2.29. The average Bonchev–Trinajstić information content (AvgIpc) is 2.70. The Hall–Kier alpha value is -3.09. The van der Waals surface area contributed by atoms with Gasteiger partial charge in [-0.3, -0.25) is 14.9 Å². The molecular weight excluding hydrogens is 348 g/mol. The molecule has 144 valence electrons. The van der Waals surface area contributed by atoms with Crippen molar-refractivity contribution in [2.24, 2.45) is 0 Å². The van der Waals surface area contributed by atoms with Crippen molar-refractivity contribution in [2.75, 3.05) is 21.3 Å². The van der Waals surface area contributed by atoms with Crippen molar-refractivity contribution in [3.05, 3.63) is 63.7 Å². The standard InChI is InChI=1S/C20H24N2O5/c1-14(16-6-5-7-17(12-16)22(24)25)21(2)20(23)9-8-15-10-18(26-3)13-19(11-15)27-4/h5-7,10-14H,8-9H2,1-4H3. The number of ether oxygens (including phenoxy) is 2. The van der Waals surface area contributed by atoms with E-state index < -0.39 is 4.92 Å². The Morgan fingerprint density at radius 2 is 1.78 bits per heavy atom. The first kappa shape index (κ1) is 20.2. The highest BCUT2D eigenvalue weighted by Crippen LogP contribution is 2.25. The molecule has 2 rings (SSSR count).